The van der Waals surface area contributed by atoms with E-state index in [4.69, 9.17) is 9.47 Å². The lowest BCUT2D eigenvalue weighted by Gasteiger charge is -2.25. The van der Waals surface area contributed by atoms with E-state index in [9.17, 15) is 4.79 Å². The number of ketones is 1. The van der Waals surface area contributed by atoms with Crippen LogP contribution in [-0.2, 0) is 4.74 Å². The van der Waals surface area contributed by atoms with Crippen molar-refractivity contribution in [3.05, 3.63) is 54.1 Å². The number of nitrogens with zero attached hydrogens (tertiary/aromatic N) is 1. The van der Waals surface area contributed by atoms with E-state index in [2.05, 4.69) is 4.90 Å². The van der Waals surface area contributed by atoms with Crippen LogP contribution in [0.1, 0.15) is 10.4 Å². The Morgan fingerprint density at radius 1 is 1.00 bits per heavy atom. The first-order valence-corrected chi connectivity index (χ1v) is 7.84. The minimum atomic E-state index is 0.160. The van der Waals surface area contributed by atoms with Crippen molar-refractivity contribution < 1.29 is 14.3 Å². The summed E-state index contributed by atoms with van der Waals surface area (Å²) >= 11 is 0. The standard InChI is InChI=1S/C19H21NO3/c1-22-18-8-6-16(7-9-18)15-2-4-17(5-3-15)19(21)14-20-10-12-23-13-11-20/h2-9H,10-14H2,1H3. The van der Waals surface area contributed by atoms with E-state index in [0.29, 0.717) is 19.8 Å². The molecule has 1 aliphatic rings. The van der Waals surface area contributed by atoms with Crippen molar-refractivity contribution in [3.8, 4) is 16.9 Å². The van der Waals surface area contributed by atoms with Crippen LogP contribution in [0.25, 0.3) is 11.1 Å². The normalized spacial score (nSPS) is 15.3. The predicted molar refractivity (Wildman–Crippen MR) is 90.0 cm³/mol. The van der Waals surface area contributed by atoms with Crippen LogP contribution in [0.15, 0.2) is 48.5 Å². The first-order valence-electron chi connectivity index (χ1n) is 7.84. The second-order valence-electron chi connectivity index (χ2n) is 5.62. The van der Waals surface area contributed by atoms with Gasteiger partial charge in [-0.05, 0) is 23.3 Å². The summed E-state index contributed by atoms with van der Waals surface area (Å²) in [5, 5.41) is 0. The van der Waals surface area contributed by atoms with Gasteiger partial charge in [0, 0.05) is 18.7 Å². The number of carbonyl (C=O) groups is 1. The molecule has 1 aliphatic heterocycles. The molecule has 0 aliphatic carbocycles. The molecule has 0 unspecified atom stereocenters. The van der Waals surface area contributed by atoms with E-state index in [-0.39, 0.29) is 5.78 Å². The van der Waals surface area contributed by atoms with Crippen LogP contribution in [-0.4, -0.2) is 50.6 Å². The quantitative estimate of drug-likeness (QED) is 0.796. The molecule has 2 aromatic carbocycles. The minimum absolute atomic E-state index is 0.160. The summed E-state index contributed by atoms with van der Waals surface area (Å²) in [6, 6.07) is 15.7. The lowest BCUT2D eigenvalue weighted by atomic mass is 10.0. The third-order valence-corrected chi connectivity index (χ3v) is 4.10. The molecule has 0 amide bonds. The van der Waals surface area contributed by atoms with Gasteiger partial charge < -0.3 is 9.47 Å². The monoisotopic (exact) mass is 311 g/mol. The third-order valence-electron chi connectivity index (χ3n) is 4.10. The van der Waals surface area contributed by atoms with Crippen LogP contribution in [0.3, 0.4) is 0 Å². The van der Waals surface area contributed by atoms with Gasteiger partial charge in [-0.3, -0.25) is 9.69 Å². The Morgan fingerprint density at radius 3 is 2.13 bits per heavy atom. The van der Waals surface area contributed by atoms with E-state index in [1.807, 2.05) is 48.5 Å². The molecular weight excluding hydrogens is 290 g/mol. The van der Waals surface area contributed by atoms with Crippen molar-refractivity contribution in [2.75, 3.05) is 40.0 Å². The Hall–Kier alpha value is -2.17. The smallest absolute Gasteiger partial charge is 0.176 e. The molecule has 0 spiro atoms. The number of rotatable bonds is 5. The molecule has 0 radical (unpaired) electrons. The van der Waals surface area contributed by atoms with Crippen LogP contribution in [0.4, 0.5) is 0 Å². The number of carbonyl (C=O) groups excluding carboxylic acids is 1. The maximum absolute atomic E-state index is 12.3. The van der Waals surface area contributed by atoms with Gasteiger partial charge in [-0.1, -0.05) is 36.4 Å². The van der Waals surface area contributed by atoms with Gasteiger partial charge in [0.1, 0.15) is 5.75 Å². The molecule has 1 heterocycles. The van der Waals surface area contributed by atoms with Crippen LogP contribution >= 0.6 is 0 Å². The van der Waals surface area contributed by atoms with Gasteiger partial charge in [0.25, 0.3) is 0 Å². The highest BCUT2D eigenvalue weighted by atomic mass is 16.5. The fourth-order valence-corrected chi connectivity index (χ4v) is 2.69. The fraction of sp³-hybridized carbons (Fsp3) is 0.316. The predicted octanol–water partition coefficient (Wildman–Crippen LogP) is 2.88. The van der Waals surface area contributed by atoms with Gasteiger partial charge in [-0.2, -0.15) is 0 Å². The molecule has 0 N–H and O–H groups in total. The van der Waals surface area contributed by atoms with Crippen molar-refractivity contribution in [2.45, 2.75) is 0 Å². The van der Waals surface area contributed by atoms with Crippen molar-refractivity contribution in [2.24, 2.45) is 0 Å². The topological polar surface area (TPSA) is 38.8 Å². The zero-order valence-electron chi connectivity index (χ0n) is 13.3. The number of benzene rings is 2. The molecule has 0 atom stereocenters. The Kier molecular flexibility index (Phi) is 5.05. The van der Waals surface area contributed by atoms with Gasteiger partial charge in [-0.25, -0.2) is 0 Å². The lowest BCUT2D eigenvalue weighted by molar-refractivity contribution is 0.0371. The van der Waals surface area contributed by atoms with Gasteiger partial charge in [-0.15, -0.1) is 0 Å². The van der Waals surface area contributed by atoms with E-state index in [0.717, 1.165) is 35.5 Å². The summed E-state index contributed by atoms with van der Waals surface area (Å²) in [6.07, 6.45) is 0. The Bertz CT molecular complexity index is 643. The van der Waals surface area contributed by atoms with Gasteiger partial charge >= 0.3 is 0 Å². The molecule has 1 fully saturated rings. The van der Waals surface area contributed by atoms with Gasteiger partial charge in [0.2, 0.25) is 0 Å². The highest BCUT2D eigenvalue weighted by Gasteiger charge is 2.15. The molecule has 0 bridgehead atoms. The molecule has 4 heteroatoms. The maximum atomic E-state index is 12.3. The summed E-state index contributed by atoms with van der Waals surface area (Å²) in [4.78, 5) is 14.5. The lowest BCUT2D eigenvalue weighted by Crippen LogP contribution is -2.39. The molecule has 3 rings (SSSR count). The number of hydrogen-bond acceptors (Lipinski definition) is 4. The van der Waals surface area contributed by atoms with Crippen LogP contribution in [0.5, 0.6) is 5.75 Å². The van der Waals surface area contributed by atoms with Crippen molar-refractivity contribution in [3.63, 3.8) is 0 Å². The first-order chi connectivity index (χ1) is 11.3. The van der Waals surface area contributed by atoms with E-state index in [1.165, 1.54) is 0 Å². The number of Topliss-reactive ketones (excluding diaryl/α,β-unsaturated/α-hetero) is 1. The average molecular weight is 311 g/mol. The summed E-state index contributed by atoms with van der Waals surface area (Å²) in [5.74, 6) is 0.999. The molecule has 4 nitrogen and oxygen atoms in total. The zero-order valence-corrected chi connectivity index (χ0v) is 13.3. The highest BCUT2D eigenvalue weighted by Crippen LogP contribution is 2.22. The summed E-state index contributed by atoms with van der Waals surface area (Å²) < 4.78 is 10.5. The Morgan fingerprint density at radius 2 is 1.57 bits per heavy atom. The molecular formula is C19H21NO3. The fourth-order valence-electron chi connectivity index (χ4n) is 2.69. The third kappa shape index (κ3) is 3.97. The number of ether oxygens (including phenoxy) is 2. The summed E-state index contributed by atoms with van der Waals surface area (Å²) in [7, 11) is 1.66. The van der Waals surface area contributed by atoms with E-state index < -0.39 is 0 Å². The van der Waals surface area contributed by atoms with Crippen LogP contribution in [0, 0.1) is 0 Å². The molecule has 23 heavy (non-hydrogen) atoms. The van der Waals surface area contributed by atoms with Gasteiger partial charge in [0.05, 0.1) is 26.9 Å². The number of methoxy groups -OCH3 is 1. The van der Waals surface area contributed by atoms with E-state index in [1.54, 1.807) is 7.11 Å². The SMILES string of the molecule is COc1ccc(-c2ccc(C(=O)CN3CCOCC3)cc2)cc1. The first kappa shape index (κ1) is 15.7. The largest absolute Gasteiger partial charge is 0.497 e. The Labute approximate surface area is 136 Å². The summed E-state index contributed by atoms with van der Waals surface area (Å²) in [5.41, 5.74) is 2.96. The summed E-state index contributed by atoms with van der Waals surface area (Å²) in [6.45, 7) is 3.55. The molecule has 1 saturated heterocycles. The van der Waals surface area contributed by atoms with Crippen molar-refractivity contribution >= 4 is 5.78 Å². The molecule has 0 saturated carbocycles. The highest BCUT2D eigenvalue weighted by molar-refractivity contribution is 5.98. The van der Waals surface area contributed by atoms with Crippen molar-refractivity contribution in [1.82, 2.24) is 4.90 Å². The number of morpholine rings is 1. The van der Waals surface area contributed by atoms with Crippen LogP contribution < -0.4 is 4.74 Å². The molecule has 2 aromatic rings. The van der Waals surface area contributed by atoms with Crippen molar-refractivity contribution in [1.29, 1.82) is 0 Å². The van der Waals surface area contributed by atoms with E-state index >= 15 is 0 Å². The van der Waals surface area contributed by atoms with Crippen LogP contribution in [0.2, 0.25) is 0 Å². The minimum Gasteiger partial charge on any atom is -0.497 e. The maximum Gasteiger partial charge on any atom is 0.176 e. The zero-order chi connectivity index (χ0) is 16.1. The average Bonchev–Trinajstić information content (AvgIpc) is 2.63. The molecule has 0 aromatic heterocycles. The second-order valence-corrected chi connectivity index (χ2v) is 5.62. The van der Waals surface area contributed by atoms with Gasteiger partial charge in [0.15, 0.2) is 5.78 Å². The number of hydrogen-bond donors (Lipinski definition) is 0. The second kappa shape index (κ2) is 7.40. The Balaban J connectivity index is 1.66. The molecule has 120 valence electrons.